The van der Waals surface area contributed by atoms with Crippen LogP contribution < -0.4 is 0 Å². The smallest absolute Gasteiger partial charge is 0.227 e. The van der Waals surface area contributed by atoms with Gasteiger partial charge in [-0.1, -0.05) is 58.4 Å². The van der Waals surface area contributed by atoms with E-state index in [9.17, 15) is 4.79 Å². The van der Waals surface area contributed by atoms with Gasteiger partial charge in [0.1, 0.15) is 0 Å². The number of amides is 1. The molecule has 1 aliphatic rings. The number of halogens is 1. The highest BCUT2D eigenvalue weighted by molar-refractivity contribution is 9.09. The third-order valence-electron chi connectivity index (χ3n) is 4.08. The van der Waals surface area contributed by atoms with Crippen LogP contribution in [-0.2, 0) is 11.2 Å². The number of hydrogen-bond acceptors (Lipinski definition) is 1. The van der Waals surface area contributed by atoms with Crippen LogP contribution in [0.2, 0.25) is 0 Å². The van der Waals surface area contributed by atoms with Crippen molar-refractivity contribution in [2.75, 3.05) is 18.4 Å². The van der Waals surface area contributed by atoms with Gasteiger partial charge in [0.25, 0.3) is 0 Å². The number of nitrogens with zero attached hydrogens (tertiary/aromatic N) is 1. The van der Waals surface area contributed by atoms with Crippen molar-refractivity contribution in [1.82, 2.24) is 4.90 Å². The van der Waals surface area contributed by atoms with Crippen LogP contribution in [-0.4, -0.2) is 29.2 Å². The molecule has 0 radical (unpaired) electrons. The number of carbonyl (C=O) groups excluding carboxylic acids is 1. The molecule has 0 bridgehead atoms. The minimum Gasteiger partial charge on any atom is -0.342 e. The molecule has 2 aromatic rings. The second-order valence-electron chi connectivity index (χ2n) is 5.46. The fraction of sp³-hybridized carbons (Fsp3) is 0.353. The molecule has 0 N–H and O–H groups in total. The highest BCUT2D eigenvalue weighted by Gasteiger charge is 2.25. The number of hydrogen-bond donors (Lipinski definition) is 0. The van der Waals surface area contributed by atoms with E-state index < -0.39 is 0 Å². The van der Waals surface area contributed by atoms with Crippen LogP contribution in [0, 0.1) is 5.92 Å². The van der Waals surface area contributed by atoms with Crippen LogP contribution in [0.15, 0.2) is 42.5 Å². The average Bonchev–Trinajstić information content (AvgIpc) is 2.97. The van der Waals surface area contributed by atoms with Gasteiger partial charge >= 0.3 is 0 Å². The Morgan fingerprint density at radius 1 is 1.20 bits per heavy atom. The molecular weight excluding hydrogens is 314 g/mol. The lowest BCUT2D eigenvalue weighted by Crippen LogP contribution is -2.30. The first-order chi connectivity index (χ1) is 9.78. The monoisotopic (exact) mass is 331 g/mol. The molecule has 0 saturated carbocycles. The molecule has 1 amide bonds. The van der Waals surface area contributed by atoms with E-state index in [1.54, 1.807) is 0 Å². The second-order valence-corrected chi connectivity index (χ2v) is 6.11. The van der Waals surface area contributed by atoms with Crippen molar-refractivity contribution >= 4 is 32.6 Å². The van der Waals surface area contributed by atoms with Gasteiger partial charge in [-0.25, -0.2) is 0 Å². The van der Waals surface area contributed by atoms with E-state index in [1.165, 1.54) is 10.8 Å². The fourth-order valence-corrected chi connectivity index (χ4v) is 3.43. The van der Waals surface area contributed by atoms with Crippen LogP contribution in [0.25, 0.3) is 10.8 Å². The Balaban J connectivity index is 1.78. The molecule has 0 aromatic heterocycles. The summed E-state index contributed by atoms with van der Waals surface area (Å²) in [4.78, 5) is 14.4. The van der Waals surface area contributed by atoms with E-state index in [0.717, 1.165) is 30.4 Å². The fourth-order valence-electron chi connectivity index (χ4n) is 2.91. The molecule has 20 heavy (non-hydrogen) atoms. The summed E-state index contributed by atoms with van der Waals surface area (Å²) >= 11 is 3.51. The summed E-state index contributed by atoms with van der Waals surface area (Å²) in [7, 11) is 0. The maximum Gasteiger partial charge on any atom is 0.227 e. The molecule has 3 rings (SSSR count). The molecule has 104 valence electrons. The van der Waals surface area contributed by atoms with Crippen LogP contribution in [0.5, 0.6) is 0 Å². The molecule has 1 fully saturated rings. The van der Waals surface area contributed by atoms with Gasteiger partial charge in [0, 0.05) is 18.4 Å². The largest absolute Gasteiger partial charge is 0.342 e. The number of alkyl halides is 1. The van der Waals surface area contributed by atoms with E-state index in [4.69, 9.17) is 0 Å². The van der Waals surface area contributed by atoms with Gasteiger partial charge in [0.05, 0.1) is 6.42 Å². The molecule has 0 spiro atoms. The van der Waals surface area contributed by atoms with Crippen molar-refractivity contribution in [3.63, 3.8) is 0 Å². The zero-order valence-corrected chi connectivity index (χ0v) is 13.0. The highest BCUT2D eigenvalue weighted by atomic mass is 79.9. The maximum atomic E-state index is 12.4. The number of benzene rings is 2. The van der Waals surface area contributed by atoms with Crippen molar-refractivity contribution < 1.29 is 4.79 Å². The number of fused-ring (bicyclic) bond motifs is 1. The molecule has 2 aromatic carbocycles. The van der Waals surface area contributed by atoms with E-state index in [1.807, 2.05) is 23.1 Å². The first-order valence-electron chi connectivity index (χ1n) is 7.08. The predicted octanol–water partition coefficient (Wildman–Crippen LogP) is 3.63. The summed E-state index contributed by atoms with van der Waals surface area (Å²) in [6, 6.07) is 14.5. The van der Waals surface area contributed by atoms with Gasteiger partial charge in [0.2, 0.25) is 5.91 Å². The van der Waals surface area contributed by atoms with Crippen molar-refractivity contribution in [3.8, 4) is 0 Å². The van der Waals surface area contributed by atoms with Crippen molar-refractivity contribution in [3.05, 3.63) is 48.0 Å². The molecule has 1 atom stereocenters. The number of carbonyl (C=O) groups is 1. The topological polar surface area (TPSA) is 20.3 Å². The lowest BCUT2D eigenvalue weighted by Gasteiger charge is -2.17. The molecular formula is C17H18BrNO. The Kier molecular flexibility index (Phi) is 4.06. The summed E-state index contributed by atoms with van der Waals surface area (Å²) in [5.41, 5.74) is 1.13. The van der Waals surface area contributed by atoms with E-state index in [-0.39, 0.29) is 5.91 Å². The Labute approximate surface area is 127 Å². The minimum absolute atomic E-state index is 0.254. The Morgan fingerprint density at radius 3 is 2.80 bits per heavy atom. The minimum atomic E-state index is 0.254. The van der Waals surface area contributed by atoms with Gasteiger partial charge in [-0.2, -0.15) is 0 Å². The standard InChI is InChI=1S/C17H18BrNO/c18-11-13-8-9-19(12-13)17(20)10-15-6-3-5-14-4-1-2-7-16(14)15/h1-7,13H,8-12H2. The first kappa shape index (κ1) is 13.6. The van der Waals surface area contributed by atoms with E-state index in [2.05, 4.69) is 40.2 Å². The molecule has 2 nitrogen and oxygen atoms in total. The lowest BCUT2D eigenvalue weighted by atomic mass is 10.0. The van der Waals surface area contributed by atoms with Crippen LogP contribution in [0.3, 0.4) is 0 Å². The highest BCUT2D eigenvalue weighted by Crippen LogP contribution is 2.22. The van der Waals surface area contributed by atoms with Crippen molar-refractivity contribution in [2.24, 2.45) is 5.92 Å². The maximum absolute atomic E-state index is 12.4. The second kappa shape index (κ2) is 5.96. The van der Waals surface area contributed by atoms with Crippen molar-refractivity contribution in [2.45, 2.75) is 12.8 Å². The van der Waals surface area contributed by atoms with Crippen LogP contribution >= 0.6 is 15.9 Å². The van der Waals surface area contributed by atoms with Crippen LogP contribution in [0.4, 0.5) is 0 Å². The van der Waals surface area contributed by atoms with Gasteiger partial charge < -0.3 is 4.90 Å². The van der Waals surface area contributed by atoms with Gasteiger partial charge in [-0.05, 0) is 28.7 Å². The third-order valence-corrected chi connectivity index (χ3v) is 4.99. The Bertz CT molecular complexity index is 620. The zero-order valence-electron chi connectivity index (χ0n) is 11.4. The van der Waals surface area contributed by atoms with Crippen LogP contribution in [0.1, 0.15) is 12.0 Å². The molecule has 1 heterocycles. The summed E-state index contributed by atoms with van der Waals surface area (Å²) in [5, 5.41) is 3.39. The predicted molar refractivity (Wildman–Crippen MR) is 86.1 cm³/mol. The van der Waals surface area contributed by atoms with Gasteiger partial charge in [-0.3, -0.25) is 4.79 Å². The van der Waals surface area contributed by atoms with Crippen molar-refractivity contribution in [1.29, 1.82) is 0 Å². The Hall–Kier alpha value is -1.35. The first-order valence-corrected chi connectivity index (χ1v) is 8.20. The quantitative estimate of drug-likeness (QED) is 0.786. The van der Waals surface area contributed by atoms with Gasteiger partial charge in [0.15, 0.2) is 0 Å². The van der Waals surface area contributed by atoms with Gasteiger partial charge in [-0.15, -0.1) is 0 Å². The molecule has 3 heteroatoms. The molecule has 1 unspecified atom stereocenters. The number of likely N-dealkylation sites (tertiary alicyclic amines) is 1. The summed E-state index contributed by atoms with van der Waals surface area (Å²) < 4.78 is 0. The third kappa shape index (κ3) is 2.73. The normalized spacial score (nSPS) is 18.6. The molecule has 1 aliphatic heterocycles. The number of rotatable bonds is 3. The average molecular weight is 332 g/mol. The van der Waals surface area contributed by atoms with E-state index >= 15 is 0 Å². The lowest BCUT2D eigenvalue weighted by molar-refractivity contribution is -0.129. The molecule has 0 aliphatic carbocycles. The van der Waals surface area contributed by atoms with E-state index in [0.29, 0.717) is 12.3 Å². The SMILES string of the molecule is O=C(Cc1cccc2ccccc12)N1CCC(CBr)C1. The summed E-state index contributed by atoms with van der Waals surface area (Å²) in [6.45, 7) is 1.80. The zero-order chi connectivity index (χ0) is 13.9. The Morgan fingerprint density at radius 2 is 2.00 bits per heavy atom. The summed E-state index contributed by atoms with van der Waals surface area (Å²) in [5.74, 6) is 0.872. The summed E-state index contributed by atoms with van der Waals surface area (Å²) in [6.07, 6.45) is 1.63. The molecule has 1 saturated heterocycles.